The number of rotatable bonds is 7. The maximum atomic E-state index is 12.0. The van der Waals surface area contributed by atoms with Crippen LogP contribution in [0, 0.1) is 5.53 Å². The number of carbonyl (C=O) groups excluding carboxylic acids is 4. The molecule has 10 nitrogen and oxygen atoms in total. The molecule has 1 saturated heterocycles. The van der Waals surface area contributed by atoms with Gasteiger partial charge in [0.25, 0.3) is 5.78 Å². The third kappa shape index (κ3) is 12.0. The highest BCUT2D eigenvalue weighted by molar-refractivity contribution is 6.31. The minimum Gasteiger partial charge on any atom is -0.444 e. The number of alkyl carbamates (subject to hydrolysis) is 1. The number of ketones is 2. The zero-order chi connectivity index (χ0) is 31.7. The number of hydrogen-bond acceptors (Lipinski definition) is 7. The number of likely N-dealkylation sites (tertiary alicyclic amines) is 1. The molecule has 1 unspecified atom stereocenters. The molecule has 3 rings (SSSR count). The van der Waals surface area contributed by atoms with Crippen molar-refractivity contribution in [1.82, 2.24) is 10.2 Å². The van der Waals surface area contributed by atoms with E-state index in [1.807, 2.05) is 12.1 Å². The van der Waals surface area contributed by atoms with Gasteiger partial charge in [0.15, 0.2) is 5.78 Å². The van der Waals surface area contributed by atoms with Gasteiger partial charge in [-0.25, -0.2) is 9.59 Å². The maximum Gasteiger partial charge on any atom is 0.411 e. The molecule has 0 bridgehead atoms. The summed E-state index contributed by atoms with van der Waals surface area (Å²) in [6.07, 6.45) is 0.475. The van der Waals surface area contributed by atoms with E-state index in [9.17, 15) is 19.2 Å². The average Bonchev–Trinajstić information content (AvgIpc) is 2.86. The van der Waals surface area contributed by atoms with Crippen LogP contribution in [0.3, 0.4) is 0 Å². The number of benzene rings is 2. The minimum atomic E-state index is -0.856. The molecule has 0 aromatic heterocycles. The predicted molar refractivity (Wildman–Crippen MR) is 159 cm³/mol. The predicted octanol–water partition coefficient (Wildman–Crippen LogP) is 5.73. The van der Waals surface area contributed by atoms with Crippen molar-refractivity contribution in [3.63, 3.8) is 0 Å². The summed E-state index contributed by atoms with van der Waals surface area (Å²) in [5.41, 5.74) is 7.32. The van der Waals surface area contributed by atoms with Gasteiger partial charge in [0.2, 0.25) is 0 Å². The van der Waals surface area contributed by atoms with E-state index in [0.29, 0.717) is 16.5 Å². The molecule has 2 aromatic rings. The van der Waals surface area contributed by atoms with Gasteiger partial charge in [-0.2, -0.15) is 0 Å². The summed E-state index contributed by atoms with van der Waals surface area (Å²) in [6, 6.07) is 12.9. The van der Waals surface area contributed by atoms with Crippen LogP contribution in [0.4, 0.5) is 9.59 Å². The first-order chi connectivity index (χ1) is 19.5. The highest BCUT2D eigenvalue weighted by atomic mass is 35.5. The summed E-state index contributed by atoms with van der Waals surface area (Å²) in [4.78, 5) is 51.9. The van der Waals surface area contributed by atoms with Crippen LogP contribution in [-0.4, -0.2) is 69.5 Å². The van der Waals surface area contributed by atoms with Gasteiger partial charge in [0.1, 0.15) is 23.3 Å². The second-order valence-corrected chi connectivity index (χ2v) is 12.5. The van der Waals surface area contributed by atoms with Crippen molar-refractivity contribution >= 4 is 53.2 Å². The molecule has 1 fully saturated rings. The van der Waals surface area contributed by atoms with Crippen molar-refractivity contribution in [3.05, 3.63) is 69.7 Å². The van der Waals surface area contributed by atoms with Crippen LogP contribution in [0.2, 0.25) is 10.0 Å². The smallest absolute Gasteiger partial charge is 0.411 e. The van der Waals surface area contributed by atoms with Gasteiger partial charge in [-0.3, -0.25) is 14.5 Å². The molecule has 2 amide bonds. The molecular weight excluding hydrogens is 583 g/mol. The second-order valence-electron chi connectivity index (χ2n) is 11.6. The molecule has 2 aromatic carbocycles. The summed E-state index contributed by atoms with van der Waals surface area (Å²) < 4.78 is 10.4. The van der Waals surface area contributed by atoms with Crippen LogP contribution in [0.15, 0.2) is 48.5 Å². The summed E-state index contributed by atoms with van der Waals surface area (Å²) >= 11 is 11.6. The average molecular weight is 621 g/mol. The van der Waals surface area contributed by atoms with E-state index < -0.39 is 41.3 Å². The van der Waals surface area contributed by atoms with Crippen LogP contribution in [0.5, 0.6) is 0 Å². The summed E-state index contributed by atoms with van der Waals surface area (Å²) in [7, 11) is 0. The van der Waals surface area contributed by atoms with E-state index in [1.54, 1.807) is 77.9 Å². The summed E-state index contributed by atoms with van der Waals surface area (Å²) in [5, 5.41) is 3.74. The van der Waals surface area contributed by atoms with Gasteiger partial charge in [-0.15, -0.1) is 0 Å². The monoisotopic (exact) mass is 619 g/mol. The molecule has 1 aliphatic rings. The molecule has 12 heteroatoms. The molecule has 0 saturated carbocycles. The van der Waals surface area contributed by atoms with Gasteiger partial charge in [-0.05, 0) is 76.9 Å². The lowest BCUT2D eigenvalue weighted by atomic mass is 9.94. The molecule has 1 aliphatic heterocycles. The number of hydrogen-bond donors (Lipinski definition) is 2. The second kappa shape index (κ2) is 15.0. The number of Topliss-reactive ketones (excluding diaryl/α,β-unsaturated/α-hetero) is 2. The third-order valence-electron chi connectivity index (χ3n) is 5.62. The Morgan fingerprint density at radius 2 is 1.45 bits per heavy atom. The van der Waals surface area contributed by atoms with Crippen molar-refractivity contribution in [2.24, 2.45) is 0 Å². The Morgan fingerprint density at radius 1 is 0.952 bits per heavy atom. The van der Waals surface area contributed by atoms with E-state index in [-0.39, 0.29) is 18.7 Å². The lowest BCUT2D eigenvalue weighted by Crippen LogP contribution is -2.61. The highest BCUT2D eigenvalue weighted by Crippen LogP contribution is 2.23. The largest absolute Gasteiger partial charge is 0.444 e. The molecule has 0 spiro atoms. The van der Waals surface area contributed by atoms with Crippen molar-refractivity contribution in [2.75, 3.05) is 6.54 Å². The SMILES string of the molecule is CC(C)(C)OC(=O)N1CC(=O)C1Cc1ccc(Cl)cc1.CC(C)(C)OC(=O)N[C@@H](Cc1ccc(Cl)cc1)C(=O)C=[N+]=N. The van der Waals surface area contributed by atoms with Gasteiger partial charge in [-0.1, -0.05) is 47.5 Å². The minimum absolute atomic E-state index is 0.0609. The van der Waals surface area contributed by atoms with Crippen molar-refractivity contribution in [2.45, 2.75) is 77.7 Å². The summed E-state index contributed by atoms with van der Waals surface area (Å²) in [6.45, 7) is 10.7. The fourth-order valence-corrected chi connectivity index (χ4v) is 3.96. The van der Waals surface area contributed by atoms with E-state index in [1.165, 1.54) is 4.90 Å². The lowest BCUT2D eigenvalue weighted by Gasteiger charge is -2.39. The number of nitrogens with one attached hydrogen (secondary N) is 2. The molecular formula is C30H37Cl2N4O6+. The molecule has 226 valence electrons. The Hall–Kier alpha value is -3.72. The molecule has 0 aliphatic carbocycles. The number of halogens is 2. The third-order valence-corrected chi connectivity index (χ3v) is 6.13. The van der Waals surface area contributed by atoms with Crippen molar-refractivity contribution in [3.8, 4) is 0 Å². The number of carbonyl (C=O) groups is 4. The first-order valence-corrected chi connectivity index (χ1v) is 14.0. The van der Waals surface area contributed by atoms with Crippen LogP contribution in [0.25, 0.3) is 0 Å². The van der Waals surface area contributed by atoms with Gasteiger partial charge >= 0.3 is 18.4 Å². The Labute approximate surface area is 255 Å². The number of amides is 2. The highest BCUT2D eigenvalue weighted by Gasteiger charge is 2.42. The first kappa shape index (κ1) is 34.5. The van der Waals surface area contributed by atoms with Crippen LogP contribution in [-0.2, 0) is 31.9 Å². The van der Waals surface area contributed by atoms with E-state index in [2.05, 4.69) is 10.1 Å². The zero-order valence-corrected chi connectivity index (χ0v) is 26.1. The maximum absolute atomic E-state index is 12.0. The van der Waals surface area contributed by atoms with Gasteiger partial charge < -0.3 is 14.8 Å². The molecule has 1 heterocycles. The zero-order valence-electron chi connectivity index (χ0n) is 24.6. The van der Waals surface area contributed by atoms with Crippen LogP contribution < -0.4 is 5.32 Å². The van der Waals surface area contributed by atoms with Gasteiger partial charge in [0.05, 0.1) is 16.9 Å². The fraction of sp³-hybridized carbons (Fsp3) is 0.433. The molecule has 2 N–H and O–H groups in total. The standard InChI is InChI=1S/C15H18ClN3O3.C15H18ClNO3/c1-15(2,3)22-14(21)19-12(13(20)9-18-17)8-10-4-6-11(16)7-5-10;1-15(2,3)20-14(19)17-9-13(18)12(17)8-10-4-6-11(16)7-5-10/h4-7,9,12,17H,8H2,1-3H3;4-7,12H,8-9H2,1-3H3/p+1/t12-;/m0./s1. The number of ether oxygens (including phenoxy) is 2. The quantitative estimate of drug-likeness (QED) is 0.230. The Balaban J connectivity index is 0.000000294. The topological polar surface area (TPSA) is 140 Å². The molecule has 2 atom stereocenters. The normalized spacial score (nSPS) is 15.2. The Morgan fingerprint density at radius 3 is 1.90 bits per heavy atom. The molecule has 42 heavy (non-hydrogen) atoms. The van der Waals surface area contributed by atoms with Crippen molar-refractivity contribution < 1.29 is 33.4 Å². The van der Waals surface area contributed by atoms with E-state index in [0.717, 1.165) is 17.3 Å². The van der Waals surface area contributed by atoms with Crippen LogP contribution >= 0.6 is 23.2 Å². The van der Waals surface area contributed by atoms with Gasteiger partial charge in [0, 0.05) is 22.9 Å². The number of nitrogens with zero attached hydrogens (tertiary/aromatic N) is 2. The summed E-state index contributed by atoms with van der Waals surface area (Å²) in [5.74, 6) is -0.415. The lowest BCUT2D eigenvalue weighted by molar-refractivity contribution is -0.135. The first-order valence-electron chi connectivity index (χ1n) is 13.2. The molecule has 0 radical (unpaired) electrons. The van der Waals surface area contributed by atoms with E-state index in [4.69, 9.17) is 38.2 Å². The van der Waals surface area contributed by atoms with Crippen LogP contribution in [0.1, 0.15) is 52.7 Å². The Bertz CT molecular complexity index is 1310. The Kier molecular flexibility index (Phi) is 12.3. The van der Waals surface area contributed by atoms with E-state index >= 15 is 0 Å². The van der Waals surface area contributed by atoms with Crippen molar-refractivity contribution in [1.29, 1.82) is 5.53 Å². The fourth-order valence-electron chi connectivity index (χ4n) is 3.71.